The van der Waals surface area contributed by atoms with Gasteiger partial charge in [0.2, 0.25) is 0 Å². The molecule has 5 heteroatoms. The number of pyridine rings is 1. The summed E-state index contributed by atoms with van der Waals surface area (Å²) < 4.78 is 3.09. The van der Waals surface area contributed by atoms with Crippen molar-refractivity contribution in [2.75, 3.05) is 7.05 Å². The van der Waals surface area contributed by atoms with Crippen molar-refractivity contribution in [2.24, 2.45) is 7.05 Å². The molecule has 0 saturated carbocycles. The quantitative estimate of drug-likeness (QED) is 0.848. The fourth-order valence-corrected chi connectivity index (χ4v) is 2.81. The van der Waals surface area contributed by atoms with Crippen LogP contribution in [0.25, 0.3) is 0 Å². The van der Waals surface area contributed by atoms with Crippen LogP contribution in [0.3, 0.4) is 0 Å². The Morgan fingerprint density at radius 3 is 2.68 bits per heavy atom. The highest BCUT2D eigenvalue weighted by Gasteiger charge is 2.14. The van der Waals surface area contributed by atoms with Gasteiger partial charge in [-0.05, 0) is 41.5 Å². The molecule has 0 aliphatic heterocycles. The van der Waals surface area contributed by atoms with Crippen LogP contribution in [0.1, 0.15) is 24.0 Å². The largest absolute Gasteiger partial charge is 0.295 e. The lowest BCUT2D eigenvalue weighted by atomic mass is 10.3. The average molecular weight is 323 g/mol. The van der Waals surface area contributed by atoms with Gasteiger partial charge >= 0.3 is 0 Å². The van der Waals surface area contributed by atoms with Crippen molar-refractivity contribution in [3.8, 4) is 0 Å². The molecule has 0 aliphatic rings. The Morgan fingerprint density at radius 1 is 1.32 bits per heavy atom. The maximum absolute atomic E-state index is 4.52. The van der Waals surface area contributed by atoms with E-state index in [4.69, 9.17) is 0 Å². The van der Waals surface area contributed by atoms with Gasteiger partial charge in [-0.15, -0.1) is 0 Å². The van der Waals surface area contributed by atoms with Crippen molar-refractivity contribution in [3.63, 3.8) is 0 Å². The Hall–Kier alpha value is -1.20. The first-order chi connectivity index (χ1) is 9.11. The number of hydrogen-bond donors (Lipinski definition) is 0. The molecule has 0 spiro atoms. The highest BCUT2D eigenvalue weighted by Crippen LogP contribution is 2.22. The normalized spacial score (nSPS) is 11.2. The van der Waals surface area contributed by atoms with Crippen LogP contribution < -0.4 is 0 Å². The van der Waals surface area contributed by atoms with E-state index in [0.717, 1.165) is 35.4 Å². The lowest BCUT2D eigenvalue weighted by Gasteiger charge is -2.16. The van der Waals surface area contributed by atoms with Gasteiger partial charge in [0.05, 0.1) is 21.6 Å². The molecule has 2 aromatic rings. The monoisotopic (exact) mass is 322 g/mol. The molecule has 4 nitrogen and oxygen atoms in total. The van der Waals surface area contributed by atoms with Crippen LogP contribution in [0.15, 0.2) is 28.9 Å². The zero-order valence-electron chi connectivity index (χ0n) is 11.6. The summed E-state index contributed by atoms with van der Waals surface area (Å²) in [5, 5.41) is 4.52. The van der Waals surface area contributed by atoms with Gasteiger partial charge in [-0.1, -0.05) is 13.0 Å². The smallest absolute Gasteiger partial charge is 0.0767 e. The van der Waals surface area contributed by atoms with Gasteiger partial charge in [0.15, 0.2) is 0 Å². The number of aromatic nitrogens is 3. The van der Waals surface area contributed by atoms with Gasteiger partial charge in [-0.3, -0.25) is 14.6 Å². The molecule has 0 amide bonds. The summed E-state index contributed by atoms with van der Waals surface area (Å²) in [6.45, 7) is 3.80. The third kappa shape index (κ3) is 3.42. The summed E-state index contributed by atoms with van der Waals surface area (Å²) in [4.78, 5) is 6.59. The molecule has 0 bridgehead atoms. The summed E-state index contributed by atoms with van der Waals surface area (Å²) in [5.74, 6) is 0. The Bertz CT molecular complexity index is 536. The first kappa shape index (κ1) is 14.2. The van der Waals surface area contributed by atoms with Gasteiger partial charge in [0.1, 0.15) is 0 Å². The number of halogens is 1. The highest BCUT2D eigenvalue weighted by atomic mass is 79.9. The van der Waals surface area contributed by atoms with E-state index in [2.05, 4.69) is 44.9 Å². The predicted octanol–water partition coefficient (Wildman–Crippen LogP) is 2.77. The molecular formula is C14H19BrN4. The van der Waals surface area contributed by atoms with Crippen LogP contribution in [0.4, 0.5) is 0 Å². The van der Waals surface area contributed by atoms with Gasteiger partial charge in [0.25, 0.3) is 0 Å². The van der Waals surface area contributed by atoms with E-state index in [1.54, 1.807) is 0 Å². The minimum atomic E-state index is 0.833. The third-order valence-electron chi connectivity index (χ3n) is 3.08. The van der Waals surface area contributed by atoms with Gasteiger partial charge in [-0.25, -0.2) is 0 Å². The third-order valence-corrected chi connectivity index (χ3v) is 4.00. The van der Waals surface area contributed by atoms with Crippen LogP contribution in [0, 0.1) is 0 Å². The van der Waals surface area contributed by atoms with Crippen LogP contribution in [0.5, 0.6) is 0 Å². The Kier molecular flexibility index (Phi) is 4.71. The van der Waals surface area contributed by atoms with Crippen LogP contribution in [0.2, 0.25) is 0 Å². The first-order valence-corrected chi connectivity index (χ1v) is 7.19. The molecule has 0 fully saturated rings. The topological polar surface area (TPSA) is 34.0 Å². The molecule has 19 heavy (non-hydrogen) atoms. The van der Waals surface area contributed by atoms with Gasteiger partial charge < -0.3 is 0 Å². The van der Waals surface area contributed by atoms with Crippen LogP contribution in [-0.4, -0.2) is 26.7 Å². The molecule has 102 valence electrons. The number of aryl methyl sites for hydroxylation is 2. The van der Waals surface area contributed by atoms with Crippen molar-refractivity contribution in [3.05, 3.63) is 46.0 Å². The Labute approximate surface area is 122 Å². The summed E-state index contributed by atoms with van der Waals surface area (Å²) in [6.07, 6.45) is 2.77. The Balaban J connectivity index is 2.07. The molecular weight excluding hydrogens is 304 g/mol. The van der Waals surface area contributed by atoms with E-state index >= 15 is 0 Å². The van der Waals surface area contributed by atoms with Crippen molar-refractivity contribution < 1.29 is 0 Å². The van der Waals surface area contributed by atoms with E-state index in [9.17, 15) is 0 Å². The first-order valence-electron chi connectivity index (χ1n) is 6.40. The molecule has 2 aromatic heterocycles. The van der Waals surface area contributed by atoms with Crippen LogP contribution >= 0.6 is 15.9 Å². The fourth-order valence-electron chi connectivity index (χ4n) is 2.07. The lowest BCUT2D eigenvalue weighted by molar-refractivity contribution is 0.305. The SMILES string of the molecule is CCc1nn(C)c(CN(C)Cc2ccccn2)c1Br. The minimum Gasteiger partial charge on any atom is -0.295 e. The standard InChI is InChI=1S/C14H19BrN4/c1-4-12-14(15)13(19(3)17-12)10-18(2)9-11-7-5-6-8-16-11/h5-8H,4,9-10H2,1-3H3. The Morgan fingerprint density at radius 2 is 2.11 bits per heavy atom. The average Bonchev–Trinajstić information content (AvgIpc) is 2.67. The van der Waals surface area contributed by atoms with E-state index in [1.165, 1.54) is 5.69 Å². The minimum absolute atomic E-state index is 0.833. The second kappa shape index (κ2) is 6.30. The van der Waals surface area contributed by atoms with Gasteiger partial charge in [-0.2, -0.15) is 5.10 Å². The molecule has 0 aromatic carbocycles. The molecule has 2 heterocycles. The zero-order valence-corrected chi connectivity index (χ0v) is 13.2. The molecule has 0 atom stereocenters. The summed E-state index contributed by atoms with van der Waals surface area (Å²) in [7, 11) is 4.09. The van der Waals surface area contributed by atoms with E-state index in [1.807, 2.05) is 36.1 Å². The highest BCUT2D eigenvalue weighted by molar-refractivity contribution is 9.10. The molecule has 0 aliphatic carbocycles. The number of hydrogen-bond acceptors (Lipinski definition) is 3. The van der Waals surface area contributed by atoms with Crippen molar-refractivity contribution >= 4 is 15.9 Å². The summed E-state index contributed by atoms with van der Waals surface area (Å²) in [5.41, 5.74) is 3.40. The maximum Gasteiger partial charge on any atom is 0.0767 e. The molecule has 0 N–H and O–H groups in total. The second-order valence-electron chi connectivity index (χ2n) is 4.68. The maximum atomic E-state index is 4.52. The molecule has 2 rings (SSSR count). The number of rotatable bonds is 5. The zero-order chi connectivity index (χ0) is 13.8. The summed E-state index contributed by atoms with van der Waals surface area (Å²) in [6, 6.07) is 6.01. The van der Waals surface area contributed by atoms with Crippen LogP contribution in [-0.2, 0) is 26.6 Å². The van der Waals surface area contributed by atoms with E-state index < -0.39 is 0 Å². The van der Waals surface area contributed by atoms with Gasteiger partial charge in [0, 0.05) is 26.3 Å². The van der Waals surface area contributed by atoms with E-state index in [0.29, 0.717) is 0 Å². The summed E-state index contributed by atoms with van der Waals surface area (Å²) >= 11 is 3.65. The van der Waals surface area contributed by atoms with Crippen molar-refractivity contribution in [1.82, 2.24) is 19.7 Å². The molecule has 0 unspecified atom stereocenters. The molecule has 0 radical (unpaired) electrons. The van der Waals surface area contributed by atoms with Crippen molar-refractivity contribution in [2.45, 2.75) is 26.4 Å². The predicted molar refractivity (Wildman–Crippen MR) is 79.7 cm³/mol. The second-order valence-corrected chi connectivity index (χ2v) is 5.47. The number of nitrogens with zero attached hydrogens (tertiary/aromatic N) is 4. The van der Waals surface area contributed by atoms with Crippen molar-refractivity contribution in [1.29, 1.82) is 0 Å². The van der Waals surface area contributed by atoms with E-state index in [-0.39, 0.29) is 0 Å². The fraction of sp³-hybridized carbons (Fsp3) is 0.429. The lowest BCUT2D eigenvalue weighted by Crippen LogP contribution is -2.20. The molecule has 0 saturated heterocycles.